The minimum Gasteiger partial charge on any atom is -0.284 e. The molecule has 92 valence electrons. The van der Waals surface area contributed by atoms with Crippen LogP contribution in [0.15, 0.2) is 29.1 Å². The van der Waals surface area contributed by atoms with Crippen LogP contribution in [0.25, 0.3) is 5.52 Å². The molecule has 0 unspecified atom stereocenters. The van der Waals surface area contributed by atoms with E-state index in [1.807, 2.05) is 18.2 Å². The number of halogens is 1. The first-order valence-corrected chi connectivity index (χ1v) is 6.19. The Bertz CT molecular complexity index is 652. The van der Waals surface area contributed by atoms with Crippen LogP contribution in [0.5, 0.6) is 0 Å². The molecule has 1 fully saturated rings. The number of imide groups is 1. The summed E-state index contributed by atoms with van der Waals surface area (Å²) in [6.45, 7) is 0.375. The fourth-order valence-electron chi connectivity index (χ4n) is 1.98. The number of carbonyl (C=O) groups excluding carboxylic acids is 2. The molecule has 18 heavy (non-hydrogen) atoms. The molecule has 1 saturated heterocycles. The second-order valence-electron chi connectivity index (χ2n) is 3.93. The Morgan fingerprint density at radius 2 is 2.17 bits per heavy atom. The van der Waals surface area contributed by atoms with Crippen LogP contribution in [0.3, 0.4) is 0 Å². The number of hydrogen-bond acceptors (Lipinski definition) is 3. The van der Waals surface area contributed by atoms with Gasteiger partial charge in [-0.2, -0.15) is 0 Å². The highest BCUT2D eigenvalue weighted by Gasteiger charge is 2.25. The number of pyridine rings is 1. The van der Waals surface area contributed by atoms with Crippen molar-refractivity contribution in [3.8, 4) is 0 Å². The van der Waals surface area contributed by atoms with E-state index in [9.17, 15) is 9.59 Å². The summed E-state index contributed by atoms with van der Waals surface area (Å²) in [6.07, 6.45) is 1.94. The molecule has 0 atom stereocenters. The van der Waals surface area contributed by atoms with Gasteiger partial charge in [0.1, 0.15) is 16.7 Å². The molecule has 0 radical (unpaired) electrons. The standard InChI is InChI=1S/C11H9BrN4O2/c12-10-7-2-1-3-9(16(7)6-13-10)15-5-4-8(17)14-11(15)18/h1-3,6H,4-5H2,(H,14,17,18). The van der Waals surface area contributed by atoms with Gasteiger partial charge in [-0.3, -0.25) is 19.4 Å². The predicted molar refractivity (Wildman–Crippen MR) is 68.4 cm³/mol. The van der Waals surface area contributed by atoms with Crippen molar-refractivity contribution in [3.63, 3.8) is 0 Å². The van der Waals surface area contributed by atoms with E-state index in [0.717, 1.165) is 10.1 Å². The number of fused-ring (bicyclic) bond motifs is 1. The summed E-state index contributed by atoms with van der Waals surface area (Å²) in [4.78, 5) is 28.6. The van der Waals surface area contributed by atoms with Crippen LogP contribution in [0.2, 0.25) is 0 Å². The van der Waals surface area contributed by atoms with Gasteiger partial charge >= 0.3 is 6.03 Å². The molecular weight excluding hydrogens is 300 g/mol. The molecule has 0 aromatic carbocycles. The largest absolute Gasteiger partial charge is 0.329 e. The van der Waals surface area contributed by atoms with Crippen LogP contribution >= 0.6 is 15.9 Å². The van der Waals surface area contributed by atoms with Crippen molar-refractivity contribution in [2.45, 2.75) is 6.42 Å². The second-order valence-corrected chi connectivity index (χ2v) is 4.68. The lowest BCUT2D eigenvalue weighted by atomic mass is 10.3. The van der Waals surface area contributed by atoms with Crippen LogP contribution in [0.4, 0.5) is 10.6 Å². The number of carbonyl (C=O) groups is 2. The van der Waals surface area contributed by atoms with Gasteiger partial charge in [0.05, 0.1) is 5.52 Å². The maximum absolute atomic E-state index is 11.8. The van der Waals surface area contributed by atoms with Crippen LogP contribution in [0, 0.1) is 0 Å². The Labute approximate surface area is 111 Å². The number of nitrogens with zero attached hydrogens (tertiary/aromatic N) is 3. The van der Waals surface area contributed by atoms with E-state index >= 15 is 0 Å². The number of urea groups is 1. The van der Waals surface area contributed by atoms with Crippen LogP contribution < -0.4 is 10.2 Å². The molecule has 1 N–H and O–H groups in total. The molecule has 0 bridgehead atoms. The highest BCUT2D eigenvalue weighted by Crippen LogP contribution is 2.23. The van der Waals surface area contributed by atoms with E-state index in [0.29, 0.717) is 18.8 Å². The van der Waals surface area contributed by atoms with Gasteiger partial charge in [-0.15, -0.1) is 0 Å². The third kappa shape index (κ3) is 1.67. The van der Waals surface area contributed by atoms with Gasteiger partial charge in [0.25, 0.3) is 0 Å². The number of anilines is 1. The Hall–Kier alpha value is -1.89. The third-order valence-corrected chi connectivity index (χ3v) is 3.45. The Morgan fingerprint density at radius 1 is 1.33 bits per heavy atom. The van der Waals surface area contributed by atoms with E-state index in [2.05, 4.69) is 26.2 Å². The molecule has 2 aromatic heterocycles. The summed E-state index contributed by atoms with van der Waals surface area (Å²) in [6, 6.07) is 5.16. The van der Waals surface area contributed by atoms with Crippen LogP contribution in [-0.2, 0) is 4.79 Å². The molecule has 0 aliphatic carbocycles. The van der Waals surface area contributed by atoms with Crippen molar-refractivity contribution in [1.82, 2.24) is 14.7 Å². The number of amides is 3. The van der Waals surface area contributed by atoms with E-state index in [4.69, 9.17) is 0 Å². The van der Waals surface area contributed by atoms with E-state index in [1.165, 1.54) is 4.90 Å². The van der Waals surface area contributed by atoms with Gasteiger partial charge in [-0.25, -0.2) is 9.78 Å². The summed E-state index contributed by atoms with van der Waals surface area (Å²) in [5.41, 5.74) is 0.872. The molecule has 2 aromatic rings. The van der Waals surface area contributed by atoms with Crippen molar-refractivity contribution in [1.29, 1.82) is 0 Å². The summed E-state index contributed by atoms with van der Waals surface area (Å²) in [5.74, 6) is 0.450. The van der Waals surface area contributed by atoms with Gasteiger partial charge in [-0.05, 0) is 28.1 Å². The van der Waals surface area contributed by atoms with Gasteiger partial charge in [0, 0.05) is 13.0 Å². The SMILES string of the molecule is O=C1CCN(c2cccc3c(Br)ncn23)C(=O)N1. The zero-order valence-corrected chi connectivity index (χ0v) is 10.8. The monoisotopic (exact) mass is 308 g/mol. The third-order valence-electron chi connectivity index (χ3n) is 2.83. The maximum Gasteiger partial charge on any atom is 0.329 e. The molecule has 3 amide bonds. The minimum atomic E-state index is -0.399. The van der Waals surface area contributed by atoms with Gasteiger partial charge < -0.3 is 0 Å². The summed E-state index contributed by atoms with van der Waals surface area (Å²) >= 11 is 3.34. The maximum atomic E-state index is 11.8. The van der Waals surface area contributed by atoms with Crippen LogP contribution in [0.1, 0.15) is 6.42 Å². The molecule has 6 nitrogen and oxygen atoms in total. The fourth-order valence-corrected chi connectivity index (χ4v) is 2.39. The molecule has 1 aliphatic heterocycles. The van der Waals surface area contributed by atoms with Gasteiger partial charge in [-0.1, -0.05) is 6.07 Å². The average molecular weight is 309 g/mol. The van der Waals surface area contributed by atoms with E-state index < -0.39 is 6.03 Å². The van der Waals surface area contributed by atoms with E-state index in [-0.39, 0.29) is 5.91 Å². The Balaban J connectivity index is 2.09. The highest BCUT2D eigenvalue weighted by atomic mass is 79.9. The van der Waals surface area contributed by atoms with Gasteiger partial charge in [0.15, 0.2) is 0 Å². The average Bonchev–Trinajstić information content (AvgIpc) is 2.72. The Kier molecular flexibility index (Phi) is 2.55. The first kappa shape index (κ1) is 11.2. The quantitative estimate of drug-likeness (QED) is 0.869. The molecule has 7 heteroatoms. The smallest absolute Gasteiger partial charge is 0.284 e. The molecule has 3 heterocycles. The minimum absolute atomic E-state index is 0.241. The Morgan fingerprint density at radius 3 is 2.94 bits per heavy atom. The van der Waals surface area contributed by atoms with Crippen molar-refractivity contribution < 1.29 is 9.59 Å². The van der Waals surface area contributed by atoms with Crippen molar-refractivity contribution in [3.05, 3.63) is 29.1 Å². The predicted octanol–water partition coefficient (Wildman–Crippen LogP) is 1.54. The first-order valence-electron chi connectivity index (χ1n) is 5.40. The normalized spacial score (nSPS) is 16.2. The summed E-state index contributed by atoms with van der Waals surface area (Å²) < 4.78 is 2.53. The van der Waals surface area contributed by atoms with Crippen molar-refractivity contribution in [2.24, 2.45) is 0 Å². The second kappa shape index (κ2) is 4.09. The lowest BCUT2D eigenvalue weighted by Crippen LogP contribution is -2.50. The number of nitrogens with one attached hydrogen (secondary N) is 1. The lowest BCUT2D eigenvalue weighted by Gasteiger charge is -2.26. The van der Waals surface area contributed by atoms with Crippen LogP contribution in [-0.4, -0.2) is 27.9 Å². The number of aromatic nitrogens is 2. The van der Waals surface area contributed by atoms with Gasteiger partial charge in [0.2, 0.25) is 5.91 Å². The van der Waals surface area contributed by atoms with Crippen molar-refractivity contribution in [2.75, 3.05) is 11.4 Å². The fraction of sp³-hybridized carbons (Fsp3) is 0.182. The number of imidazole rings is 1. The number of rotatable bonds is 1. The molecule has 0 spiro atoms. The lowest BCUT2D eigenvalue weighted by molar-refractivity contribution is -0.120. The summed E-state index contributed by atoms with van der Waals surface area (Å²) in [7, 11) is 0. The summed E-state index contributed by atoms with van der Waals surface area (Å²) in [5, 5.41) is 2.30. The van der Waals surface area contributed by atoms with E-state index in [1.54, 1.807) is 10.7 Å². The molecule has 3 rings (SSSR count). The zero-order chi connectivity index (χ0) is 12.7. The first-order chi connectivity index (χ1) is 8.66. The molecular formula is C11H9BrN4O2. The highest BCUT2D eigenvalue weighted by molar-refractivity contribution is 9.10. The van der Waals surface area contributed by atoms with Crippen molar-refractivity contribution >= 4 is 39.2 Å². The number of hydrogen-bond donors (Lipinski definition) is 1. The molecule has 0 saturated carbocycles. The molecule has 1 aliphatic rings. The topological polar surface area (TPSA) is 66.7 Å². The zero-order valence-electron chi connectivity index (χ0n) is 9.26.